The van der Waals surface area contributed by atoms with Gasteiger partial charge in [0.05, 0.1) is 17.3 Å². The number of aryl methyl sites for hydroxylation is 2. The Kier molecular flexibility index (Phi) is 12.9. The zero-order valence-electron chi connectivity index (χ0n) is 33.2. The maximum Gasteiger partial charge on any atom is 0.257 e. The Morgan fingerprint density at radius 1 is 0.898 bits per heavy atom. The quantitative estimate of drug-likeness (QED) is 0.0773. The van der Waals surface area contributed by atoms with Crippen LogP contribution >= 0.6 is 0 Å². The van der Waals surface area contributed by atoms with Crippen LogP contribution in [0.25, 0.3) is 22.2 Å². The normalized spacial score (nSPS) is 16.4. The number of nitrogens with one attached hydrogen (secondary N) is 4. The number of pyridine rings is 1. The standard InChI is InChI=1S/C43H47F5N8O3/c1-4-33-30(40(53-28-11-15-59-16-12-28)31-21-52-56(5-2)41(31)54-33)20-51-43(58)35-38(47)36(45)34(37(46)39(35)48)42(57)50-19-25-9-10-32(44)29(18-25)27-8-6-7-26(17-27)23-55-14-13-49-24(3)22-55/h6-10,17-18,21,24,28,49H,4-5,11-16,19-20,22-23H2,1-3H3,(H,50,57)(H,51,58)(H,53,54). The molecule has 4 heterocycles. The number of aromatic nitrogens is 3. The number of amides is 2. The molecule has 5 aromatic rings. The summed E-state index contributed by atoms with van der Waals surface area (Å²) in [6.45, 7) is 10.2. The second kappa shape index (κ2) is 18.2. The van der Waals surface area contributed by atoms with Gasteiger partial charge in [-0.15, -0.1) is 0 Å². The van der Waals surface area contributed by atoms with Gasteiger partial charge >= 0.3 is 0 Å². The van der Waals surface area contributed by atoms with Crippen LogP contribution < -0.4 is 21.3 Å². The molecule has 2 aromatic heterocycles. The van der Waals surface area contributed by atoms with Crippen LogP contribution in [0.3, 0.4) is 0 Å². The van der Waals surface area contributed by atoms with E-state index in [9.17, 15) is 9.59 Å². The average molecular weight is 819 g/mol. The first-order chi connectivity index (χ1) is 28.5. The van der Waals surface area contributed by atoms with Crippen LogP contribution in [0.4, 0.5) is 27.6 Å². The minimum atomic E-state index is -2.03. The molecule has 0 radical (unpaired) electrons. The molecule has 1 atom stereocenters. The third-order valence-electron chi connectivity index (χ3n) is 10.9. The Labute approximate surface area is 338 Å². The molecule has 312 valence electrons. The van der Waals surface area contributed by atoms with E-state index >= 15 is 22.0 Å². The molecular formula is C43H47F5N8O3. The summed E-state index contributed by atoms with van der Waals surface area (Å²) in [5.74, 6) is -11.5. The highest BCUT2D eigenvalue weighted by Gasteiger charge is 2.33. The Bertz CT molecular complexity index is 2340. The number of piperazine rings is 1. The zero-order valence-corrected chi connectivity index (χ0v) is 33.2. The minimum Gasteiger partial charge on any atom is -0.381 e. The van der Waals surface area contributed by atoms with Crippen LogP contribution in [0.5, 0.6) is 0 Å². The summed E-state index contributed by atoms with van der Waals surface area (Å²) in [7, 11) is 0. The fourth-order valence-corrected chi connectivity index (χ4v) is 7.81. The summed E-state index contributed by atoms with van der Waals surface area (Å²) in [6.07, 6.45) is 3.50. The summed E-state index contributed by atoms with van der Waals surface area (Å²) in [5.41, 5.74) is 1.47. The van der Waals surface area contributed by atoms with Crippen molar-refractivity contribution in [1.82, 2.24) is 35.6 Å². The van der Waals surface area contributed by atoms with Crippen molar-refractivity contribution in [3.05, 3.63) is 111 Å². The molecule has 59 heavy (non-hydrogen) atoms. The molecule has 2 fully saturated rings. The summed E-state index contributed by atoms with van der Waals surface area (Å²) in [4.78, 5) is 33.5. The van der Waals surface area contributed by atoms with Crippen LogP contribution in [0, 0.1) is 29.1 Å². The predicted molar refractivity (Wildman–Crippen MR) is 213 cm³/mol. The van der Waals surface area contributed by atoms with Gasteiger partial charge in [-0.05, 0) is 68.0 Å². The molecule has 16 heteroatoms. The van der Waals surface area contributed by atoms with Crippen molar-refractivity contribution in [2.75, 3.05) is 38.2 Å². The molecule has 2 saturated heterocycles. The van der Waals surface area contributed by atoms with E-state index in [2.05, 4.69) is 38.2 Å². The maximum absolute atomic E-state index is 15.6. The molecule has 2 amide bonds. The fraction of sp³-hybridized carbons (Fsp3) is 0.395. The topological polar surface area (TPSA) is 125 Å². The average Bonchev–Trinajstić information content (AvgIpc) is 3.65. The molecule has 2 aliphatic rings. The van der Waals surface area contributed by atoms with Gasteiger partial charge in [-0.2, -0.15) is 5.10 Å². The van der Waals surface area contributed by atoms with Crippen molar-refractivity contribution in [1.29, 1.82) is 0 Å². The van der Waals surface area contributed by atoms with Gasteiger partial charge < -0.3 is 26.0 Å². The highest BCUT2D eigenvalue weighted by atomic mass is 19.2. The Hall–Kier alpha value is -5.45. The van der Waals surface area contributed by atoms with Crippen LogP contribution in [0.1, 0.15) is 76.7 Å². The molecule has 3 aromatic carbocycles. The largest absolute Gasteiger partial charge is 0.381 e. The van der Waals surface area contributed by atoms with E-state index in [-0.39, 0.29) is 24.7 Å². The first kappa shape index (κ1) is 41.7. The summed E-state index contributed by atoms with van der Waals surface area (Å²) in [5, 5.41) is 16.7. The third-order valence-corrected chi connectivity index (χ3v) is 10.9. The lowest BCUT2D eigenvalue weighted by Crippen LogP contribution is -2.48. The predicted octanol–water partition coefficient (Wildman–Crippen LogP) is 6.62. The molecule has 2 aliphatic heterocycles. The van der Waals surface area contributed by atoms with E-state index in [4.69, 9.17) is 9.72 Å². The number of carbonyl (C=O) groups excluding carboxylic acids is 2. The molecule has 0 spiro atoms. The third kappa shape index (κ3) is 8.94. The Morgan fingerprint density at radius 2 is 1.59 bits per heavy atom. The lowest BCUT2D eigenvalue weighted by atomic mass is 10.00. The lowest BCUT2D eigenvalue weighted by Gasteiger charge is -2.31. The Balaban J connectivity index is 1.07. The monoisotopic (exact) mass is 818 g/mol. The van der Waals surface area contributed by atoms with Crippen LogP contribution in [-0.2, 0) is 37.3 Å². The molecule has 1 unspecified atom stereocenters. The molecule has 7 rings (SSSR count). The number of carbonyl (C=O) groups is 2. The highest BCUT2D eigenvalue weighted by Crippen LogP contribution is 2.32. The van der Waals surface area contributed by atoms with Crippen molar-refractivity contribution >= 4 is 28.5 Å². The molecular weight excluding hydrogens is 772 g/mol. The van der Waals surface area contributed by atoms with Gasteiger partial charge in [-0.1, -0.05) is 31.2 Å². The van der Waals surface area contributed by atoms with Crippen LogP contribution in [0.15, 0.2) is 48.7 Å². The van der Waals surface area contributed by atoms with Gasteiger partial charge in [-0.3, -0.25) is 14.5 Å². The van der Waals surface area contributed by atoms with Crippen molar-refractivity contribution in [3.63, 3.8) is 0 Å². The van der Waals surface area contributed by atoms with Gasteiger partial charge in [0.25, 0.3) is 11.8 Å². The first-order valence-electron chi connectivity index (χ1n) is 19.9. The Morgan fingerprint density at radius 3 is 2.25 bits per heavy atom. The van der Waals surface area contributed by atoms with Crippen molar-refractivity contribution < 1.29 is 36.3 Å². The SMILES string of the molecule is CCc1nc2c(cnn2CC)c(NC2CCOCC2)c1CNC(=O)c1c(F)c(F)c(C(=O)NCc2ccc(F)c(-c3cccc(CN4CCNC(C)C4)c3)c2)c(F)c1F. The number of halogens is 5. The first-order valence-corrected chi connectivity index (χ1v) is 19.9. The van der Waals surface area contributed by atoms with Gasteiger partial charge in [0, 0.05) is 87.9 Å². The van der Waals surface area contributed by atoms with Crippen molar-refractivity contribution in [3.8, 4) is 11.1 Å². The smallest absolute Gasteiger partial charge is 0.257 e. The van der Waals surface area contributed by atoms with Gasteiger partial charge in [0.2, 0.25) is 0 Å². The van der Waals surface area contributed by atoms with Crippen LogP contribution in [0.2, 0.25) is 0 Å². The number of anilines is 1. The minimum absolute atomic E-state index is 0.0223. The van der Waals surface area contributed by atoms with E-state index in [0.29, 0.717) is 90.7 Å². The number of fused-ring (bicyclic) bond motifs is 1. The summed E-state index contributed by atoms with van der Waals surface area (Å²) >= 11 is 0. The lowest BCUT2D eigenvalue weighted by molar-refractivity contribution is 0.0904. The van der Waals surface area contributed by atoms with E-state index in [1.54, 1.807) is 16.9 Å². The van der Waals surface area contributed by atoms with Gasteiger partial charge in [0.1, 0.15) is 16.9 Å². The fourth-order valence-electron chi connectivity index (χ4n) is 7.81. The second-order valence-electron chi connectivity index (χ2n) is 15.0. The summed E-state index contributed by atoms with van der Waals surface area (Å²) in [6, 6.07) is 11.9. The van der Waals surface area contributed by atoms with Crippen molar-refractivity contribution in [2.24, 2.45) is 0 Å². The number of hydrogen-bond acceptors (Lipinski definition) is 8. The van der Waals surface area contributed by atoms with Crippen molar-refractivity contribution in [2.45, 2.75) is 78.3 Å². The molecule has 0 aliphatic carbocycles. The molecule has 4 N–H and O–H groups in total. The number of ether oxygens (including phenoxy) is 1. The van der Waals surface area contributed by atoms with Crippen LogP contribution in [-0.4, -0.2) is 76.4 Å². The number of benzene rings is 3. The number of hydrogen-bond donors (Lipinski definition) is 4. The van der Waals surface area contributed by atoms with Gasteiger partial charge in [-0.25, -0.2) is 31.6 Å². The molecule has 0 saturated carbocycles. The molecule has 0 bridgehead atoms. The van der Waals surface area contributed by atoms with E-state index in [1.165, 1.54) is 18.2 Å². The van der Waals surface area contributed by atoms with Gasteiger partial charge in [0.15, 0.2) is 28.9 Å². The zero-order chi connectivity index (χ0) is 41.8. The van der Waals surface area contributed by atoms with E-state index < -0.39 is 52.0 Å². The van der Waals surface area contributed by atoms with E-state index in [1.807, 2.05) is 32.0 Å². The van der Waals surface area contributed by atoms with E-state index in [0.717, 1.165) is 25.2 Å². The maximum atomic E-state index is 15.6. The summed E-state index contributed by atoms with van der Waals surface area (Å²) < 4.78 is 84.4. The highest BCUT2D eigenvalue weighted by molar-refractivity contribution is 5.99. The number of rotatable bonds is 13. The molecule has 11 nitrogen and oxygen atoms in total. The second-order valence-corrected chi connectivity index (χ2v) is 15.0. The number of nitrogens with zero attached hydrogens (tertiary/aromatic N) is 4.